The topological polar surface area (TPSA) is 69.6 Å². The molecule has 0 aliphatic rings. The number of furan rings is 1. The summed E-state index contributed by atoms with van der Waals surface area (Å²) in [5, 5.41) is 7.76. The summed E-state index contributed by atoms with van der Waals surface area (Å²) in [6.07, 6.45) is 0. The van der Waals surface area contributed by atoms with Gasteiger partial charge in [0.2, 0.25) is 0 Å². The molecule has 64 heavy (non-hydrogen) atoms. The SMILES string of the molecule is c1ccc(-c2nc(-c3ccc(-c4cccc(-c5nc6c7ccccc7ccc6c6oc7ccccc7c56)c4)cc3)nc(-c3cccc(-n4c5ccccc5c5ccccc54)c3)n2)cc1. The lowest BCUT2D eigenvalue weighted by molar-refractivity contribution is 0.672. The van der Waals surface area contributed by atoms with E-state index in [1.165, 1.54) is 10.8 Å². The Bertz CT molecular complexity index is 3910. The summed E-state index contributed by atoms with van der Waals surface area (Å²) in [6.45, 7) is 0. The summed E-state index contributed by atoms with van der Waals surface area (Å²) in [6, 6.07) is 73.8. The molecule has 0 saturated carbocycles. The summed E-state index contributed by atoms with van der Waals surface area (Å²) in [7, 11) is 0. The molecule has 0 atom stereocenters. The number of rotatable bonds is 6. The first-order valence-electron chi connectivity index (χ1n) is 21.5. The predicted octanol–water partition coefficient (Wildman–Crippen LogP) is 14.9. The molecule has 0 unspecified atom stereocenters. The van der Waals surface area contributed by atoms with E-state index in [0.717, 1.165) is 99.4 Å². The van der Waals surface area contributed by atoms with Gasteiger partial charge in [-0.3, -0.25) is 0 Å². The van der Waals surface area contributed by atoms with Gasteiger partial charge in [0.05, 0.1) is 27.6 Å². The van der Waals surface area contributed by atoms with Crippen LogP contribution in [0.3, 0.4) is 0 Å². The highest BCUT2D eigenvalue weighted by molar-refractivity contribution is 6.23. The van der Waals surface area contributed by atoms with E-state index in [1.807, 2.05) is 42.5 Å². The molecule has 0 N–H and O–H groups in total. The van der Waals surface area contributed by atoms with Crippen molar-refractivity contribution in [3.63, 3.8) is 0 Å². The third kappa shape index (κ3) is 5.81. The van der Waals surface area contributed by atoms with Crippen LogP contribution in [0.5, 0.6) is 0 Å². The fourth-order valence-corrected chi connectivity index (χ4v) is 9.40. The highest BCUT2D eigenvalue weighted by Gasteiger charge is 2.20. The molecule has 13 rings (SSSR count). The molecule has 9 aromatic carbocycles. The van der Waals surface area contributed by atoms with E-state index in [1.54, 1.807) is 0 Å². The molecule has 4 heterocycles. The number of para-hydroxylation sites is 3. The van der Waals surface area contributed by atoms with Gasteiger partial charge in [-0.2, -0.15) is 0 Å². The molecule has 0 aliphatic heterocycles. The van der Waals surface area contributed by atoms with Crippen LogP contribution in [0.15, 0.2) is 217 Å². The number of benzene rings is 9. The first-order chi connectivity index (χ1) is 31.7. The van der Waals surface area contributed by atoms with E-state index in [0.29, 0.717) is 17.5 Å². The van der Waals surface area contributed by atoms with Gasteiger partial charge in [-0.15, -0.1) is 0 Å². The fourth-order valence-electron chi connectivity index (χ4n) is 9.40. The Kier molecular flexibility index (Phi) is 8.11. The second kappa shape index (κ2) is 14.4. The van der Waals surface area contributed by atoms with Gasteiger partial charge in [-0.1, -0.05) is 170 Å². The fraction of sp³-hybridized carbons (Fsp3) is 0. The van der Waals surface area contributed by atoms with Crippen molar-refractivity contribution in [1.82, 2.24) is 24.5 Å². The summed E-state index contributed by atoms with van der Waals surface area (Å²) in [4.78, 5) is 20.7. The molecule has 298 valence electrons. The minimum atomic E-state index is 0.605. The molecule has 4 aromatic heterocycles. The number of aromatic nitrogens is 5. The van der Waals surface area contributed by atoms with Crippen molar-refractivity contribution < 1.29 is 4.42 Å². The van der Waals surface area contributed by atoms with Crippen LogP contribution in [-0.4, -0.2) is 24.5 Å². The Hall–Kier alpha value is -8.74. The van der Waals surface area contributed by atoms with Gasteiger partial charge >= 0.3 is 0 Å². The number of hydrogen-bond acceptors (Lipinski definition) is 5. The molecule has 0 spiro atoms. The van der Waals surface area contributed by atoms with Gasteiger partial charge in [0.25, 0.3) is 0 Å². The Balaban J connectivity index is 0.910. The maximum Gasteiger partial charge on any atom is 0.164 e. The third-order valence-electron chi connectivity index (χ3n) is 12.4. The van der Waals surface area contributed by atoms with Gasteiger partial charge in [0.15, 0.2) is 17.5 Å². The molecule has 0 amide bonds. The van der Waals surface area contributed by atoms with Crippen molar-refractivity contribution in [1.29, 1.82) is 0 Å². The predicted molar refractivity (Wildman–Crippen MR) is 261 cm³/mol. The first-order valence-corrected chi connectivity index (χ1v) is 21.5. The van der Waals surface area contributed by atoms with Crippen LogP contribution in [-0.2, 0) is 0 Å². The molecule has 0 aliphatic carbocycles. The van der Waals surface area contributed by atoms with E-state index >= 15 is 0 Å². The molecular formula is C58H35N5O. The van der Waals surface area contributed by atoms with Crippen molar-refractivity contribution in [3.8, 4) is 62.2 Å². The van der Waals surface area contributed by atoms with Gasteiger partial charge in [-0.05, 0) is 59.0 Å². The van der Waals surface area contributed by atoms with Crippen LogP contribution in [0.1, 0.15) is 0 Å². The average molecular weight is 818 g/mol. The van der Waals surface area contributed by atoms with Gasteiger partial charge in [0.1, 0.15) is 11.2 Å². The zero-order chi connectivity index (χ0) is 42.1. The van der Waals surface area contributed by atoms with Gasteiger partial charge in [0, 0.05) is 54.9 Å². The molecule has 6 heteroatoms. The first kappa shape index (κ1) is 36.0. The van der Waals surface area contributed by atoms with Crippen molar-refractivity contribution in [2.24, 2.45) is 0 Å². The Morgan fingerprint density at radius 2 is 0.906 bits per heavy atom. The minimum absolute atomic E-state index is 0.605. The average Bonchev–Trinajstić information content (AvgIpc) is 3.93. The van der Waals surface area contributed by atoms with Crippen LogP contribution in [0.2, 0.25) is 0 Å². The van der Waals surface area contributed by atoms with Crippen molar-refractivity contribution >= 4 is 65.4 Å². The maximum atomic E-state index is 6.62. The number of fused-ring (bicyclic) bond motifs is 10. The maximum absolute atomic E-state index is 6.62. The van der Waals surface area contributed by atoms with Crippen LogP contribution < -0.4 is 0 Å². The van der Waals surface area contributed by atoms with Gasteiger partial charge in [-0.25, -0.2) is 19.9 Å². The number of hydrogen-bond donors (Lipinski definition) is 0. The zero-order valence-electron chi connectivity index (χ0n) is 34.4. The van der Waals surface area contributed by atoms with Crippen molar-refractivity contribution in [2.45, 2.75) is 0 Å². The smallest absolute Gasteiger partial charge is 0.164 e. The minimum Gasteiger partial charge on any atom is -0.455 e. The molecule has 0 fully saturated rings. The van der Waals surface area contributed by atoms with Crippen LogP contribution in [0.4, 0.5) is 0 Å². The molecule has 13 aromatic rings. The lowest BCUT2D eigenvalue weighted by atomic mass is 9.97. The van der Waals surface area contributed by atoms with Crippen LogP contribution in [0, 0.1) is 0 Å². The van der Waals surface area contributed by atoms with Gasteiger partial charge < -0.3 is 8.98 Å². The Morgan fingerprint density at radius 1 is 0.344 bits per heavy atom. The second-order valence-corrected chi connectivity index (χ2v) is 16.2. The standard InChI is InChI=1S/C58H35N5O/c1-2-15-38(16-3-1)56-60-57(62-58(61-56)42-19-13-20-43(35-42)63-49-25-9-6-22-45(49)46-23-7-10-26-50(46)63)39-30-28-36(29-31-39)40-17-12-18-41(34-40)53-52-47-24-8-11-27-51(47)64-55(52)48-33-32-37-14-4-5-21-44(37)54(48)59-53/h1-35H. The summed E-state index contributed by atoms with van der Waals surface area (Å²) >= 11 is 0. The monoisotopic (exact) mass is 817 g/mol. The van der Waals surface area contributed by atoms with E-state index in [2.05, 4.69) is 174 Å². The van der Waals surface area contributed by atoms with E-state index in [-0.39, 0.29) is 0 Å². The summed E-state index contributed by atoms with van der Waals surface area (Å²) in [5.41, 5.74) is 12.8. The highest BCUT2D eigenvalue weighted by Crippen LogP contribution is 2.42. The van der Waals surface area contributed by atoms with Crippen molar-refractivity contribution in [2.75, 3.05) is 0 Å². The highest BCUT2D eigenvalue weighted by atomic mass is 16.3. The number of nitrogens with zero attached hydrogens (tertiary/aromatic N) is 5. The van der Waals surface area contributed by atoms with Crippen LogP contribution >= 0.6 is 0 Å². The molecule has 0 saturated heterocycles. The molecule has 0 radical (unpaired) electrons. The Morgan fingerprint density at radius 3 is 1.67 bits per heavy atom. The third-order valence-corrected chi connectivity index (χ3v) is 12.4. The second-order valence-electron chi connectivity index (χ2n) is 16.2. The Labute approximate surface area is 367 Å². The van der Waals surface area contributed by atoms with Crippen molar-refractivity contribution in [3.05, 3.63) is 212 Å². The van der Waals surface area contributed by atoms with E-state index in [9.17, 15) is 0 Å². The number of pyridine rings is 1. The molecular weight excluding hydrogens is 783 g/mol. The lowest BCUT2D eigenvalue weighted by Crippen LogP contribution is -2.01. The van der Waals surface area contributed by atoms with E-state index < -0.39 is 0 Å². The summed E-state index contributed by atoms with van der Waals surface area (Å²) < 4.78 is 8.94. The summed E-state index contributed by atoms with van der Waals surface area (Å²) in [5.74, 6) is 1.83. The van der Waals surface area contributed by atoms with E-state index in [4.69, 9.17) is 24.4 Å². The normalized spacial score (nSPS) is 11.8. The molecule has 0 bridgehead atoms. The zero-order valence-corrected chi connectivity index (χ0v) is 34.4. The largest absolute Gasteiger partial charge is 0.455 e. The van der Waals surface area contributed by atoms with Crippen LogP contribution in [0.25, 0.3) is 128 Å². The lowest BCUT2D eigenvalue weighted by Gasteiger charge is -2.12. The quantitative estimate of drug-likeness (QED) is 0.156. The molecule has 6 nitrogen and oxygen atoms in total.